The minimum absolute atomic E-state index is 0.121. The fourth-order valence-electron chi connectivity index (χ4n) is 2.39. The SMILES string of the molecule is Cc1ccc(-n2cnnc2SCC2(CO)COC2)c(C)c1. The summed E-state index contributed by atoms with van der Waals surface area (Å²) in [6, 6.07) is 6.33. The molecule has 1 fully saturated rings. The predicted molar refractivity (Wildman–Crippen MR) is 81.9 cm³/mol. The summed E-state index contributed by atoms with van der Waals surface area (Å²) in [6.07, 6.45) is 1.74. The Morgan fingerprint density at radius 3 is 2.81 bits per heavy atom. The maximum Gasteiger partial charge on any atom is 0.195 e. The summed E-state index contributed by atoms with van der Waals surface area (Å²) >= 11 is 1.62. The fourth-order valence-corrected chi connectivity index (χ4v) is 3.48. The van der Waals surface area contributed by atoms with Crippen LogP contribution in [0.4, 0.5) is 0 Å². The Labute approximate surface area is 128 Å². The van der Waals surface area contributed by atoms with Crippen molar-refractivity contribution in [1.29, 1.82) is 0 Å². The van der Waals surface area contributed by atoms with Gasteiger partial charge in [0.2, 0.25) is 0 Å². The molecule has 0 radical (unpaired) electrons. The topological polar surface area (TPSA) is 60.2 Å². The van der Waals surface area contributed by atoms with Crippen molar-refractivity contribution >= 4 is 11.8 Å². The summed E-state index contributed by atoms with van der Waals surface area (Å²) in [6.45, 7) is 5.56. The van der Waals surface area contributed by atoms with Gasteiger partial charge in [0.25, 0.3) is 0 Å². The van der Waals surface area contributed by atoms with Crippen LogP contribution in [-0.2, 0) is 4.74 Å². The molecule has 0 amide bonds. The maximum atomic E-state index is 9.49. The first-order valence-corrected chi connectivity index (χ1v) is 7.91. The average Bonchev–Trinajstić information content (AvgIpc) is 2.86. The van der Waals surface area contributed by atoms with Gasteiger partial charge in [0.15, 0.2) is 5.16 Å². The Kier molecular flexibility index (Phi) is 4.01. The number of hydrogen-bond donors (Lipinski definition) is 1. The molecular weight excluding hydrogens is 286 g/mol. The van der Waals surface area contributed by atoms with Crippen LogP contribution in [0.3, 0.4) is 0 Å². The van der Waals surface area contributed by atoms with Crippen LogP contribution < -0.4 is 0 Å². The van der Waals surface area contributed by atoms with Gasteiger partial charge in [0.05, 0.1) is 25.5 Å². The molecule has 3 rings (SSSR count). The smallest absolute Gasteiger partial charge is 0.195 e. The Balaban J connectivity index is 1.80. The summed E-state index contributed by atoms with van der Waals surface area (Å²) in [7, 11) is 0. The highest BCUT2D eigenvalue weighted by atomic mass is 32.2. The normalized spacial score (nSPS) is 16.7. The second-order valence-electron chi connectivity index (χ2n) is 5.71. The summed E-state index contributed by atoms with van der Waals surface area (Å²) < 4.78 is 7.23. The molecule has 0 saturated carbocycles. The van der Waals surface area contributed by atoms with Gasteiger partial charge >= 0.3 is 0 Å². The molecule has 112 valence electrons. The molecule has 2 heterocycles. The van der Waals surface area contributed by atoms with E-state index in [0.29, 0.717) is 13.2 Å². The third-order valence-electron chi connectivity index (χ3n) is 3.79. The highest BCUT2D eigenvalue weighted by molar-refractivity contribution is 7.99. The van der Waals surface area contributed by atoms with Crippen LogP contribution in [0, 0.1) is 19.3 Å². The molecule has 21 heavy (non-hydrogen) atoms. The maximum absolute atomic E-state index is 9.49. The number of aliphatic hydroxyl groups is 1. The molecule has 1 aliphatic heterocycles. The van der Waals surface area contributed by atoms with Crippen molar-refractivity contribution in [3.05, 3.63) is 35.7 Å². The van der Waals surface area contributed by atoms with Gasteiger partial charge in [-0.2, -0.15) is 0 Å². The van der Waals surface area contributed by atoms with Crippen molar-refractivity contribution in [3.8, 4) is 5.69 Å². The molecule has 1 saturated heterocycles. The number of hydrogen-bond acceptors (Lipinski definition) is 5. The zero-order valence-corrected chi connectivity index (χ0v) is 13.1. The zero-order chi connectivity index (χ0) is 14.9. The van der Waals surface area contributed by atoms with Crippen molar-refractivity contribution in [2.75, 3.05) is 25.6 Å². The van der Waals surface area contributed by atoms with E-state index in [1.807, 2.05) is 4.57 Å². The van der Waals surface area contributed by atoms with Gasteiger partial charge in [0.1, 0.15) is 6.33 Å². The van der Waals surface area contributed by atoms with Gasteiger partial charge in [-0.15, -0.1) is 10.2 Å². The standard InChI is InChI=1S/C15H19N3O2S/c1-11-3-4-13(12(2)5-11)18-10-16-17-14(18)21-9-15(6-19)7-20-8-15/h3-5,10,19H,6-9H2,1-2H3. The summed E-state index contributed by atoms with van der Waals surface area (Å²) in [5.74, 6) is 0.785. The quantitative estimate of drug-likeness (QED) is 0.856. The molecule has 0 unspecified atom stereocenters. The van der Waals surface area contributed by atoms with Crippen LogP contribution in [0.1, 0.15) is 11.1 Å². The average molecular weight is 305 g/mol. The van der Waals surface area contributed by atoms with Crippen LogP contribution in [-0.4, -0.2) is 45.4 Å². The fraction of sp³-hybridized carbons (Fsp3) is 0.467. The Morgan fingerprint density at radius 2 is 2.19 bits per heavy atom. The van der Waals surface area contributed by atoms with Crippen LogP contribution in [0.2, 0.25) is 0 Å². The van der Waals surface area contributed by atoms with Crippen molar-refractivity contribution in [2.24, 2.45) is 5.41 Å². The number of ether oxygens (including phenoxy) is 1. The number of nitrogens with zero attached hydrogens (tertiary/aromatic N) is 3. The molecule has 0 atom stereocenters. The molecule has 1 aromatic heterocycles. The summed E-state index contributed by atoms with van der Waals surface area (Å²) in [5, 5.41) is 18.6. The third-order valence-corrected chi connectivity index (χ3v) is 5.08. The van der Waals surface area contributed by atoms with Crippen LogP contribution in [0.5, 0.6) is 0 Å². The molecule has 5 nitrogen and oxygen atoms in total. The van der Waals surface area contributed by atoms with E-state index in [-0.39, 0.29) is 12.0 Å². The van der Waals surface area contributed by atoms with Crippen LogP contribution in [0.15, 0.2) is 29.7 Å². The van der Waals surface area contributed by atoms with Gasteiger partial charge in [-0.05, 0) is 25.5 Å². The van der Waals surface area contributed by atoms with E-state index in [0.717, 1.165) is 16.6 Å². The summed E-state index contributed by atoms with van der Waals surface area (Å²) in [4.78, 5) is 0. The molecule has 1 aromatic carbocycles. The lowest BCUT2D eigenvalue weighted by atomic mass is 9.90. The lowest BCUT2D eigenvalue weighted by Crippen LogP contribution is -2.47. The molecule has 0 aliphatic carbocycles. The molecule has 0 bridgehead atoms. The third kappa shape index (κ3) is 2.84. The minimum Gasteiger partial charge on any atom is -0.396 e. The van der Waals surface area contributed by atoms with E-state index in [9.17, 15) is 5.11 Å². The zero-order valence-electron chi connectivity index (χ0n) is 12.2. The predicted octanol–water partition coefficient (Wildman–Crippen LogP) is 1.99. The highest BCUT2D eigenvalue weighted by Gasteiger charge is 2.38. The van der Waals surface area contributed by atoms with Crippen molar-refractivity contribution in [2.45, 2.75) is 19.0 Å². The monoisotopic (exact) mass is 305 g/mol. The van der Waals surface area contributed by atoms with Crippen molar-refractivity contribution in [3.63, 3.8) is 0 Å². The Hall–Kier alpha value is -1.37. The first-order chi connectivity index (χ1) is 10.1. The molecule has 1 aliphatic rings. The Morgan fingerprint density at radius 1 is 1.38 bits per heavy atom. The van der Waals surface area contributed by atoms with Gasteiger partial charge < -0.3 is 9.84 Å². The van der Waals surface area contributed by atoms with Gasteiger partial charge in [0, 0.05) is 11.2 Å². The molecule has 0 spiro atoms. The lowest BCUT2D eigenvalue weighted by Gasteiger charge is -2.39. The van der Waals surface area contributed by atoms with E-state index in [2.05, 4.69) is 42.2 Å². The van der Waals surface area contributed by atoms with Crippen molar-refractivity contribution < 1.29 is 9.84 Å². The van der Waals surface area contributed by atoms with Gasteiger partial charge in [-0.25, -0.2) is 0 Å². The van der Waals surface area contributed by atoms with E-state index in [1.54, 1.807) is 18.1 Å². The largest absolute Gasteiger partial charge is 0.396 e. The van der Waals surface area contributed by atoms with E-state index in [4.69, 9.17) is 4.74 Å². The van der Waals surface area contributed by atoms with E-state index in [1.165, 1.54) is 11.1 Å². The van der Waals surface area contributed by atoms with Crippen LogP contribution >= 0.6 is 11.8 Å². The molecule has 2 aromatic rings. The van der Waals surface area contributed by atoms with Gasteiger partial charge in [-0.3, -0.25) is 4.57 Å². The second kappa shape index (κ2) is 5.79. The van der Waals surface area contributed by atoms with E-state index >= 15 is 0 Å². The van der Waals surface area contributed by atoms with Crippen LogP contribution in [0.25, 0.3) is 5.69 Å². The summed E-state index contributed by atoms with van der Waals surface area (Å²) in [5.41, 5.74) is 3.41. The minimum atomic E-state index is -0.121. The highest BCUT2D eigenvalue weighted by Crippen LogP contribution is 2.34. The number of benzene rings is 1. The number of thioether (sulfide) groups is 1. The van der Waals surface area contributed by atoms with E-state index < -0.39 is 0 Å². The van der Waals surface area contributed by atoms with Gasteiger partial charge in [-0.1, -0.05) is 29.5 Å². The number of aryl methyl sites for hydroxylation is 2. The number of aliphatic hydroxyl groups excluding tert-OH is 1. The first-order valence-electron chi connectivity index (χ1n) is 6.93. The molecule has 6 heteroatoms. The number of rotatable bonds is 5. The second-order valence-corrected chi connectivity index (χ2v) is 6.66. The number of aromatic nitrogens is 3. The lowest BCUT2D eigenvalue weighted by molar-refractivity contribution is -0.121. The Bertz CT molecular complexity index is 632. The molecule has 1 N–H and O–H groups in total. The van der Waals surface area contributed by atoms with Crippen molar-refractivity contribution in [1.82, 2.24) is 14.8 Å². The molecular formula is C15H19N3O2S. The first kappa shape index (κ1) is 14.6.